The smallest absolute Gasteiger partial charge is 0.239 e. The van der Waals surface area contributed by atoms with Gasteiger partial charge in [-0.15, -0.1) is 0 Å². The van der Waals surface area contributed by atoms with Gasteiger partial charge in [0.2, 0.25) is 11.9 Å². The van der Waals surface area contributed by atoms with E-state index in [-0.39, 0.29) is 30.0 Å². The molecule has 36 nitrogen and oxygen atoms in total. The molecule has 4 aromatic carbocycles. The summed E-state index contributed by atoms with van der Waals surface area (Å²) in [6.07, 6.45) is 14.1. The summed E-state index contributed by atoms with van der Waals surface area (Å²) in [5, 5.41) is 2.36. The number of anilines is 5. The van der Waals surface area contributed by atoms with Gasteiger partial charge < -0.3 is 86.8 Å². The van der Waals surface area contributed by atoms with Crippen LogP contribution in [0.4, 0.5) is 38.0 Å². The van der Waals surface area contributed by atoms with Crippen molar-refractivity contribution in [2.45, 2.75) is 102 Å². The highest BCUT2D eigenvalue weighted by atomic mass is 32.2. The number of para-hydroxylation sites is 2. The molecule has 0 unspecified atom stereocenters. The predicted octanol–water partition coefficient (Wildman–Crippen LogP) is 8.97. The third-order valence-electron chi connectivity index (χ3n) is 27.5. The highest BCUT2D eigenvalue weighted by Gasteiger charge is 2.60. The summed E-state index contributed by atoms with van der Waals surface area (Å²) in [4.78, 5) is 63.6. The first-order valence-electron chi connectivity index (χ1n) is 43.8. The number of nitrogens with one attached hydrogen (secondary N) is 3. The maximum atomic E-state index is 14.4. The summed E-state index contributed by atoms with van der Waals surface area (Å²) in [5.74, 6) is 6.26. The van der Waals surface area contributed by atoms with Crippen molar-refractivity contribution in [2.75, 3.05) is 188 Å². The Morgan fingerprint density at radius 2 is 0.878 bits per heavy atom. The first kappa shape index (κ1) is 86.5. The minimum atomic E-state index is -3.54. The molecule has 4 atom stereocenters. The van der Waals surface area contributed by atoms with E-state index in [2.05, 4.69) is 39.5 Å². The summed E-state index contributed by atoms with van der Waals surface area (Å²) in [5.41, 5.74) is 7.10. The summed E-state index contributed by atoms with van der Waals surface area (Å²) in [6.45, 7) is 14.4. The van der Waals surface area contributed by atoms with Gasteiger partial charge in [-0.3, -0.25) is 0 Å². The van der Waals surface area contributed by atoms with Gasteiger partial charge in [-0.1, -0.05) is 12.1 Å². The fourth-order valence-electron chi connectivity index (χ4n) is 19.4. The Hall–Kier alpha value is -11.3. The van der Waals surface area contributed by atoms with E-state index in [4.69, 9.17) is 92.2 Å². The second-order valence-corrected chi connectivity index (χ2v) is 45.3. The average molecular weight is 1870 g/mol. The lowest BCUT2D eigenvalue weighted by Crippen LogP contribution is -2.52. The minimum Gasteiger partial charge on any atom is -0.497 e. The molecule has 42 heteroatoms. The third-order valence-corrected chi connectivity index (χ3v) is 35.6. The van der Waals surface area contributed by atoms with E-state index in [1.165, 1.54) is 43.2 Å². The number of imidazole rings is 1. The molecule has 3 aliphatic carbocycles. The lowest BCUT2D eigenvalue weighted by Gasteiger charge is -2.44. The SMILES string of the molecule is CC(C)(c1nc(-n2c(N3CCOCC3)nc3ccccc32)nc2c1OC[C@@H]1COCCN21)S(C)(=O)=O.COc1cc(-c2nc3c(c(C4(S(C)(=O)=O)CC4)n2)OC[C@@H]2COCCN32)c2cc[nH]c2c1.CS(=O)(=O)C1(c2nc(-c3cc(F)cc4[nH]ccc34)nc3c2OC[C@@H]2COCCN32)CC1.CS(=O)(=O)C1(c2nc(-c3ccc(F)c4[nH]ccc34)nc3c2OC[C@@H]2COCCN32)CCC1. The van der Waals surface area contributed by atoms with Gasteiger partial charge in [0, 0.05) is 133 Å². The highest BCUT2D eigenvalue weighted by molar-refractivity contribution is 7.92. The van der Waals surface area contributed by atoms with Crippen LogP contribution in [0.1, 0.15) is 81.6 Å². The van der Waals surface area contributed by atoms with Crippen molar-refractivity contribution in [1.82, 2.24) is 64.4 Å². The number of nitrogens with zero attached hydrogens (tertiary/aromatic N) is 15. The molecule has 0 spiro atoms. The second kappa shape index (κ2) is 32.6. The maximum absolute atomic E-state index is 14.4. The minimum absolute atomic E-state index is 0.00133. The summed E-state index contributed by atoms with van der Waals surface area (Å²) in [6, 6.07) is 23.1. The summed E-state index contributed by atoms with van der Waals surface area (Å²) < 4.78 is 187. The number of hydrogen-bond donors (Lipinski definition) is 3. The second-order valence-electron chi connectivity index (χ2n) is 35.7. The van der Waals surface area contributed by atoms with E-state index in [9.17, 15) is 42.5 Å². The van der Waals surface area contributed by atoms with Crippen LogP contribution in [0.15, 0.2) is 97.5 Å². The number of halogens is 2. The van der Waals surface area contributed by atoms with E-state index < -0.39 is 64.2 Å². The summed E-state index contributed by atoms with van der Waals surface area (Å²) >= 11 is 0. The molecular formula is C89H98F2N18O18S4. The molecule has 24 rings (SSSR count). The van der Waals surface area contributed by atoms with Crippen LogP contribution in [0, 0.1) is 11.6 Å². The zero-order valence-electron chi connectivity index (χ0n) is 73.1. The Morgan fingerprint density at radius 1 is 0.443 bits per heavy atom. The lowest BCUT2D eigenvalue weighted by molar-refractivity contribution is 0.0687. The van der Waals surface area contributed by atoms with E-state index >= 15 is 0 Å². The number of rotatable bonds is 14. The molecule has 0 bridgehead atoms. The molecule has 17 heterocycles. The van der Waals surface area contributed by atoms with E-state index in [1.807, 2.05) is 59.3 Å². The predicted molar refractivity (Wildman–Crippen MR) is 484 cm³/mol. The number of methoxy groups -OCH3 is 1. The van der Waals surface area contributed by atoms with Crippen molar-refractivity contribution in [1.29, 1.82) is 0 Å². The molecule has 0 radical (unpaired) electrons. The fraction of sp³-hybridized carbons (Fsp3) is 0.472. The first-order valence-corrected chi connectivity index (χ1v) is 51.4. The molecule has 12 aliphatic rings. The average Bonchev–Trinajstić information content (AvgIpc) is 1.67. The Bertz CT molecular complexity index is 7060. The zero-order chi connectivity index (χ0) is 90.6. The Kier molecular flexibility index (Phi) is 21.5. The molecule has 0 amide bonds. The van der Waals surface area contributed by atoms with Crippen LogP contribution in [0.2, 0.25) is 0 Å². The number of ether oxygens (including phenoxy) is 10. The van der Waals surface area contributed by atoms with E-state index in [0.717, 1.165) is 39.3 Å². The molecular weight excluding hydrogens is 1780 g/mol. The Morgan fingerprint density at radius 3 is 1.34 bits per heavy atom. The first-order chi connectivity index (χ1) is 62.9. The van der Waals surface area contributed by atoms with Gasteiger partial charge in [0.25, 0.3) is 0 Å². The van der Waals surface area contributed by atoms with Crippen LogP contribution in [0.3, 0.4) is 0 Å². The number of aromatic nitrogens is 13. The van der Waals surface area contributed by atoms with Crippen molar-refractivity contribution in [3.8, 4) is 68.9 Å². The number of aromatic amines is 3. The number of sulfone groups is 4. The van der Waals surface area contributed by atoms with Crippen LogP contribution >= 0.6 is 0 Å². The van der Waals surface area contributed by atoms with Gasteiger partial charge in [0.15, 0.2) is 103 Å². The summed E-state index contributed by atoms with van der Waals surface area (Å²) in [7, 11) is -12.2. The lowest BCUT2D eigenvalue weighted by atomic mass is 9.80. The quantitative estimate of drug-likeness (QED) is 0.0913. The molecule has 690 valence electrons. The highest BCUT2D eigenvalue weighted by Crippen LogP contribution is 2.60. The Balaban J connectivity index is 0.000000106. The van der Waals surface area contributed by atoms with E-state index in [1.54, 1.807) is 45.5 Å². The number of hydrogen-bond acceptors (Lipinski definition) is 32. The molecule has 12 aromatic rings. The van der Waals surface area contributed by atoms with Crippen molar-refractivity contribution >= 4 is 112 Å². The molecule has 9 aliphatic heterocycles. The normalized spacial score (nSPS) is 21.5. The van der Waals surface area contributed by atoms with Crippen LogP contribution < -0.4 is 48.2 Å². The largest absolute Gasteiger partial charge is 0.497 e. The third kappa shape index (κ3) is 14.8. The fourth-order valence-corrected chi connectivity index (χ4v) is 24.0. The maximum Gasteiger partial charge on any atom is 0.239 e. The molecule has 3 N–H and O–H groups in total. The van der Waals surface area contributed by atoms with Gasteiger partial charge in [-0.25, -0.2) is 86.9 Å². The monoisotopic (exact) mass is 1870 g/mol. The number of H-pyrrole nitrogens is 3. The van der Waals surface area contributed by atoms with Crippen LogP contribution in [-0.2, 0) is 82.0 Å². The molecule has 5 saturated heterocycles. The zero-order valence-corrected chi connectivity index (χ0v) is 76.4. The van der Waals surface area contributed by atoms with Gasteiger partial charge in [0.1, 0.15) is 85.6 Å². The number of benzene rings is 4. The molecule has 8 fully saturated rings. The van der Waals surface area contributed by atoms with Crippen LogP contribution in [0.25, 0.3) is 83.9 Å². The van der Waals surface area contributed by atoms with Gasteiger partial charge in [-0.05, 0) is 119 Å². The molecule has 131 heavy (non-hydrogen) atoms. The Labute approximate surface area is 753 Å². The van der Waals surface area contributed by atoms with Crippen molar-refractivity contribution < 1.29 is 89.8 Å². The number of morpholine rings is 5. The van der Waals surface area contributed by atoms with Gasteiger partial charge >= 0.3 is 0 Å². The van der Waals surface area contributed by atoms with Crippen LogP contribution in [-0.4, -0.2) is 286 Å². The molecule has 8 aromatic heterocycles. The van der Waals surface area contributed by atoms with Crippen molar-refractivity contribution in [3.05, 3.63) is 132 Å². The van der Waals surface area contributed by atoms with Crippen LogP contribution in [0.5, 0.6) is 28.7 Å². The van der Waals surface area contributed by atoms with Gasteiger partial charge in [-0.2, -0.15) is 4.98 Å². The number of fused-ring (bicyclic) bond motifs is 16. The van der Waals surface area contributed by atoms with E-state index in [0.29, 0.717) is 302 Å². The van der Waals surface area contributed by atoms with Crippen molar-refractivity contribution in [3.63, 3.8) is 0 Å². The van der Waals surface area contributed by atoms with Crippen molar-refractivity contribution in [2.24, 2.45) is 0 Å². The molecule has 3 saturated carbocycles. The topological polar surface area (TPSA) is 413 Å². The standard InChI is InChI=1S/C24H30N6O5S.C22H23FN4O4S.C22H24N4O5S.C21H21FN4O4S/c1-24(2,36(3,31)32)20-19-21(29-10-13-34-14-16(29)15-35-19)27-22(26-20)30-18-7-5-4-6-17(18)25-23(30)28-8-11-33-12-9-28;1-32(28,29)22(6-2-7-22)19-18-21(27-9-10-30-11-13(27)12-31-18)26-20(25-19)15-3-4-16(23)17-14(15)5-8-24-17;1-29-14-9-16(15-3-6-23-17(15)10-14)20-24-19(22(4-5-22)32(2,27)28)18-21(25-20)26-7-8-30-11-13(26)12-31-18;1-31(27,28)21(3-4-21)18-17-20(26-6-7-29-10-13(26)11-30-17)25-19(24-18)15-8-12(22)9-16-14(15)2-5-23-16/h4-7,16H,8-15H2,1-3H3;3-5,8,13,24H,2,6-7,9-12H2,1H3;3,6,9-10,13,23H,4-5,7-8,11-12H2,1-2H3;2,5,8-9,13,23H,3-4,6-7,10-11H2,1H3/t16-;3*13-/m0000/s1. The van der Waals surface area contributed by atoms with Gasteiger partial charge in [0.05, 0.1) is 114 Å².